The Kier molecular flexibility index (Phi) is 3.44. The van der Waals surface area contributed by atoms with Gasteiger partial charge in [-0.2, -0.15) is 4.98 Å². The van der Waals surface area contributed by atoms with Crippen molar-refractivity contribution in [2.75, 3.05) is 6.61 Å². The Morgan fingerprint density at radius 2 is 2.05 bits per heavy atom. The van der Waals surface area contributed by atoms with E-state index in [-0.39, 0.29) is 23.0 Å². The molecule has 0 aliphatic carbocycles. The molecule has 102 valence electrons. The fourth-order valence-electron chi connectivity index (χ4n) is 1.70. The molecular weight excluding hydrogens is 248 g/mol. The van der Waals surface area contributed by atoms with Crippen LogP contribution in [0.25, 0.3) is 11.5 Å². The number of rotatable bonds is 4. The van der Waals surface area contributed by atoms with Gasteiger partial charge in [0.1, 0.15) is 17.1 Å². The monoisotopic (exact) mass is 264 g/mol. The normalized spacial score (nSPS) is 11.7. The van der Waals surface area contributed by atoms with Gasteiger partial charge >= 0.3 is 0 Å². The van der Waals surface area contributed by atoms with Crippen molar-refractivity contribution < 1.29 is 19.5 Å². The van der Waals surface area contributed by atoms with Crippen LogP contribution in [0.3, 0.4) is 0 Å². The summed E-state index contributed by atoms with van der Waals surface area (Å²) in [7, 11) is 0. The van der Waals surface area contributed by atoms with Gasteiger partial charge in [-0.3, -0.25) is 0 Å². The SMILES string of the molecule is CCOC(C)(C)c1noc(-c2cc(O)ccc2O)n1. The van der Waals surface area contributed by atoms with Crippen LogP contribution in [0.2, 0.25) is 0 Å². The zero-order chi connectivity index (χ0) is 14.0. The van der Waals surface area contributed by atoms with E-state index >= 15 is 0 Å². The minimum atomic E-state index is -0.678. The van der Waals surface area contributed by atoms with E-state index < -0.39 is 5.60 Å². The van der Waals surface area contributed by atoms with Crippen molar-refractivity contribution in [2.45, 2.75) is 26.4 Å². The third kappa shape index (κ3) is 2.68. The summed E-state index contributed by atoms with van der Waals surface area (Å²) in [5.74, 6) is 0.488. The highest BCUT2D eigenvalue weighted by atomic mass is 16.5. The maximum Gasteiger partial charge on any atom is 0.261 e. The van der Waals surface area contributed by atoms with Crippen LogP contribution in [0.1, 0.15) is 26.6 Å². The van der Waals surface area contributed by atoms with E-state index in [1.807, 2.05) is 20.8 Å². The first-order valence-electron chi connectivity index (χ1n) is 5.94. The molecule has 0 radical (unpaired) electrons. The van der Waals surface area contributed by atoms with Crippen molar-refractivity contribution in [1.29, 1.82) is 0 Å². The van der Waals surface area contributed by atoms with Crippen molar-refractivity contribution in [3.8, 4) is 23.0 Å². The number of aromatic hydroxyl groups is 2. The van der Waals surface area contributed by atoms with Gasteiger partial charge in [-0.25, -0.2) is 0 Å². The summed E-state index contributed by atoms with van der Waals surface area (Å²) >= 11 is 0. The highest BCUT2D eigenvalue weighted by Crippen LogP contribution is 2.32. The maximum atomic E-state index is 9.73. The Labute approximate surface area is 110 Å². The van der Waals surface area contributed by atoms with Crippen LogP contribution in [0.15, 0.2) is 22.7 Å². The molecule has 2 aromatic rings. The Hall–Kier alpha value is -2.08. The Morgan fingerprint density at radius 1 is 1.32 bits per heavy atom. The second-order valence-electron chi connectivity index (χ2n) is 4.57. The van der Waals surface area contributed by atoms with Gasteiger partial charge in [0.15, 0.2) is 0 Å². The average molecular weight is 264 g/mol. The second kappa shape index (κ2) is 4.89. The second-order valence-corrected chi connectivity index (χ2v) is 4.57. The molecule has 2 rings (SSSR count). The maximum absolute atomic E-state index is 9.73. The predicted molar refractivity (Wildman–Crippen MR) is 67.7 cm³/mol. The van der Waals surface area contributed by atoms with Gasteiger partial charge < -0.3 is 19.5 Å². The van der Waals surface area contributed by atoms with Crippen LogP contribution in [0.4, 0.5) is 0 Å². The molecule has 0 saturated carbocycles. The molecule has 0 saturated heterocycles. The van der Waals surface area contributed by atoms with Crippen LogP contribution in [0.5, 0.6) is 11.5 Å². The molecule has 0 aliphatic heterocycles. The van der Waals surface area contributed by atoms with E-state index in [0.717, 1.165) is 0 Å². The number of hydrogen-bond donors (Lipinski definition) is 2. The first kappa shape index (κ1) is 13.4. The van der Waals surface area contributed by atoms with E-state index in [1.165, 1.54) is 18.2 Å². The summed E-state index contributed by atoms with van der Waals surface area (Å²) in [4.78, 5) is 4.20. The predicted octanol–water partition coefficient (Wildman–Crippen LogP) is 2.42. The van der Waals surface area contributed by atoms with Crippen molar-refractivity contribution in [1.82, 2.24) is 10.1 Å². The van der Waals surface area contributed by atoms with E-state index in [9.17, 15) is 10.2 Å². The van der Waals surface area contributed by atoms with Crippen molar-refractivity contribution in [3.63, 3.8) is 0 Å². The Morgan fingerprint density at radius 3 is 2.74 bits per heavy atom. The van der Waals surface area contributed by atoms with Gasteiger partial charge in [-0.05, 0) is 39.0 Å². The topological polar surface area (TPSA) is 88.6 Å². The number of ether oxygens (including phenoxy) is 1. The fourth-order valence-corrected chi connectivity index (χ4v) is 1.70. The number of aromatic nitrogens is 2. The lowest BCUT2D eigenvalue weighted by atomic mass is 10.1. The quantitative estimate of drug-likeness (QED) is 0.824. The number of phenolic OH excluding ortho intramolecular Hbond substituents is 2. The first-order chi connectivity index (χ1) is 8.94. The Bertz CT molecular complexity index is 578. The Balaban J connectivity index is 2.38. The average Bonchev–Trinajstić information content (AvgIpc) is 2.82. The molecule has 6 nitrogen and oxygen atoms in total. The summed E-state index contributed by atoms with van der Waals surface area (Å²) in [6, 6.07) is 4.10. The molecule has 0 spiro atoms. The van der Waals surface area contributed by atoms with Gasteiger partial charge in [0, 0.05) is 6.61 Å². The fraction of sp³-hybridized carbons (Fsp3) is 0.385. The van der Waals surface area contributed by atoms with E-state index in [0.29, 0.717) is 12.4 Å². The lowest BCUT2D eigenvalue weighted by Crippen LogP contribution is -2.23. The highest BCUT2D eigenvalue weighted by molar-refractivity contribution is 5.64. The summed E-state index contributed by atoms with van der Waals surface area (Å²) in [6.07, 6.45) is 0. The largest absolute Gasteiger partial charge is 0.508 e. The van der Waals surface area contributed by atoms with Crippen LogP contribution in [-0.2, 0) is 10.3 Å². The molecule has 19 heavy (non-hydrogen) atoms. The molecule has 0 unspecified atom stereocenters. The van der Waals surface area contributed by atoms with E-state index in [4.69, 9.17) is 9.26 Å². The van der Waals surface area contributed by atoms with Gasteiger partial charge in [0.2, 0.25) is 5.82 Å². The molecule has 0 aliphatic rings. The molecule has 6 heteroatoms. The van der Waals surface area contributed by atoms with Crippen LogP contribution in [0, 0.1) is 0 Å². The summed E-state index contributed by atoms with van der Waals surface area (Å²) in [5, 5.41) is 23.0. The number of phenols is 2. The summed E-state index contributed by atoms with van der Waals surface area (Å²) < 4.78 is 10.6. The lowest BCUT2D eigenvalue weighted by Gasteiger charge is -2.19. The summed E-state index contributed by atoms with van der Waals surface area (Å²) in [6.45, 7) is 6.05. The molecule has 0 amide bonds. The number of nitrogens with zero attached hydrogens (tertiary/aromatic N) is 2. The highest BCUT2D eigenvalue weighted by Gasteiger charge is 2.28. The van der Waals surface area contributed by atoms with Crippen LogP contribution >= 0.6 is 0 Å². The van der Waals surface area contributed by atoms with Gasteiger partial charge in [0.05, 0.1) is 5.56 Å². The molecule has 0 fully saturated rings. The van der Waals surface area contributed by atoms with Gasteiger partial charge in [-0.15, -0.1) is 0 Å². The minimum absolute atomic E-state index is 0.0108. The smallest absolute Gasteiger partial charge is 0.261 e. The van der Waals surface area contributed by atoms with E-state index in [2.05, 4.69) is 10.1 Å². The molecular formula is C13H16N2O4. The van der Waals surface area contributed by atoms with Gasteiger partial charge in [-0.1, -0.05) is 5.16 Å². The molecule has 2 N–H and O–H groups in total. The number of benzene rings is 1. The standard InChI is InChI=1S/C13H16N2O4/c1-4-18-13(2,3)12-14-11(19-15-12)9-7-8(16)5-6-10(9)17/h5-7,16-17H,4H2,1-3H3. The zero-order valence-electron chi connectivity index (χ0n) is 11.0. The van der Waals surface area contributed by atoms with Crippen molar-refractivity contribution >= 4 is 0 Å². The third-order valence-electron chi connectivity index (χ3n) is 2.68. The molecule has 0 atom stereocenters. The molecule has 1 heterocycles. The van der Waals surface area contributed by atoms with Crippen molar-refractivity contribution in [3.05, 3.63) is 24.0 Å². The van der Waals surface area contributed by atoms with Crippen molar-refractivity contribution in [2.24, 2.45) is 0 Å². The minimum Gasteiger partial charge on any atom is -0.508 e. The molecule has 1 aromatic carbocycles. The zero-order valence-corrected chi connectivity index (χ0v) is 11.0. The van der Waals surface area contributed by atoms with Gasteiger partial charge in [0.25, 0.3) is 5.89 Å². The third-order valence-corrected chi connectivity index (χ3v) is 2.68. The molecule has 1 aromatic heterocycles. The first-order valence-corrected chi connectivity index (χ1v) is 5.94. The number of hydrogen-bond acceptors (Lipinski definition) is 6. The molecule has 0 bridgehead atoms. The van der Waals surface area contributed by atoms with E-state index in [1.54, 1.807) is 0 Å². The van der Waals surface area contributed by atoms with Crippen LogP contribution in [-0.4, -0.2) is 27.0 Å². The lowest BCUT2D eigenvalue weighted by molar-refractivity contribution is -0.0221. The summed E-state index contributed by atoms with van der Waals surface area (Å²) in [5.41, 5.74) is -0.394. The van der Waals surface area contributed by atoms with Crippen LogP contribution < -0.4 is 0 Å².